The largest absolute Gasteiger partial charge is 0.468 e. The number of carbonyl (C=O) groups excluding carboxylic acids is 1. The fourth-order valence-electron chi connectivity index (χ4n) is 0.756. The van der Waals surface area contributed by atoms with Crippen LogP contribution in [0.25, 0.3) is 0 Å². The van der Waals surface area contributed by atoms with Gasteiger partial charge in [0.2, 0.25) is 0 Å². The molecular weight excluding hydrogens is 184 g/mol. The van der Waals surface area contributed by atoms with E-state index in [9.17, 15) is 4.79 Å². The second kappa shape index (κ2) is 8.93. The molecule has 0 aliphatic carbocycles. The van der Waals surface area contributed by atoms with Gasteiger partial charge in [0.15, 0.2) is 0 Å². The van der Waals surface area contributed by atoms with Crippen molar-refractivity contribution in [3.8, 4) is 0 Å². The van der Waals surface area contributed by atoms with Gasteiger partial charge in [-0.2, -0.15) is 0 Å². The van der Waals surface area contributed by atoms with Crippen LogP contribution in [0.4, 0.5) is 0 Å². The van der Waals surface area contributed by atoms with Gasteiger partial charge in [-0.25, -0.2) is 0 Å². The van der Waals surface area contributed by atoms with Crippen molar-refractivity contribution in [2.75, 3.05) is 54.1 Å². The number of esters is 1. The molecule has 0 amide bonds. The maximum Gasteiger partial charge on any atom is 0.319 e. The van der Waals surface area contributed by atoms with Crippen LogP contribution in [0.1, 0.15) is 0 Å². The number of ether oxygens (including phenoxy) is 2. The zero-order chi connectivity index (χ0) is 10.8. The predicted octanol–water partition coefficient (Wildman–Crippen LogP) is -0.673. The summed E-state index contributed by atoms with van der Waals surface area (Å²) >= 11 is 0. The second-order valence-corrected chi connectivity index (χ2v) is 3.17. The van der Waals surface area contributed by atoms with Crippen molar-refractivity contribution in [1.82, 2.24) is 10.2 Å². The number of likely N-dealkylation sites (N-methyl/N-ethyl adjacent to an activating group) is 1. The molecule has 0 aromatic rings. The minimum absolute atomic E-state index is 0.244. The Bertz CT molecular complexity index is 151. The fraction of sp³-hybridized carbons (Fsp3) is 0.889. The summed E-state index contributed by atoms with van der Waals surface area (Å²) in [5.41, 5.74) is 0. The molecule has 14 heavy (non-hydrogen) atoms. The maximum absolute atomic E-state index is 10.7. The Kier molecular flexibility index (Phi) is 8.51. The van der Waals surface area contributed by atoms with Crippen LogP contribution in [0.2, 0.25) is 0 Å². The third-order valence-electron chi connectivity index (χ3n) is 1.60. The summed E-state index contributed by atoms with van der Waals surface area (Å²) in [7, 11) is 5.37. The van der Waals surface area contributed by atoms with E-state index in [4.69, 9.17) is 4.74 Å². The molecule has 0 unspecified atom stereocenters. The quantitative estimate of drug-likeness (QED) is 0.420. The van der Waals surface area contributed by atoms with E-state index >= 15 is 0 Å². The molecule has 5 nitrogen and oxygen atoms in total. The lowest BCUT2D eigenvalue weighted by Gasteiger charge is -2.09. The highest BCUT2D eigenvalue weighted by Gasteiger charge is 1.97. The zero-order valence-corrected chi connectivity index (χ0v) is 9.21. The smallest absolute Gasteiger partial charge is 0.319 e. The minimum atomic E-state index is -0.252. The molecule has 0 atom stereocenters. The molecule has 0 saturated heterocycles. The Morgan fingerprint density at radius 3 is 2.64 bits per heavy atom. The SMILES string of the molecule is COC(=O)CNCCOCCN(C)C. The van der Waals surface area contributed by atoms with Gasteiger partial charge < -0.3 is 19.7 Å². The van der Waals surface area contributed by atoms with Crippen LogP contribution < -0.4 is 5.32 Å². The van der Waals surface area contributed by atoms with Gasteiger partial charge in [-0.05, 0) is 14.1 Å². The molecule has 0 spiro atoms. The third kappa shape index (κ3) is 9.44. The summed E-state index contributed by atoms with van der Waals surface area (Å²) in [5, 5.41) is 2.91. The molecule has 0 aliphatic heterocycles. The Balaban J connectivity index is 3.03. The second-order valence-electron chi connectivity index (χ2n) is 3.17. The topological polar surface area (TPSA) is 50.8 Å². The van der Waals surface area contributed by atoms with Gasteiger partial charge in [0.1, 0.15) is 0 Å². The molecule has 0 aliphatic rings. The zero-order valence-electron chi connectivity index (χ0n) is 9.21. The molecule has 0 heterocycles. The van der Waals surface area contributed by atoms with Gasteiger partial charge in [-0.3, -0.25) is 4.79 Å². The molecular formula is C9H20N2O3. The van der Waals surface area contributed by atoms with E-state index in [0.29, 0.717) is 19.8 Å². The van der Waals surface area contributed by atoms with E-state index in [1.54, 1.807) is 0 Å². The first-order valence-corrected chi connectivity index (χ1v) is 4.67. The average molecular weight is 204 g/mol. The lowest BCUT2D eigenvalue weighted by atomic mass is 10.6. The summed E-state index contributed by atoms with van der Waals surface area (Å²) in [6, 6.07) is 0. The van der Waals surface area contributed by atoms with Gasteiger partial charge in [-0.1, -0.05) is 0 Å². The molecule has 0 rings (SSSR count). The molecule has 0 aromatic heterocycles. The van der Waals surface area contributed by atoms with Crippen molar-refractivity contribution in [3.63, 3.8) is 0 Å². The van der Waals surface area contributed by atoms with Gasteiger partial charge >= 0.3 is 5.97 Å². The molecule has 5 heteroatoms. The minimum Gasteiger partial charge on any atom is -0.468 e. The monoisotopic (exact) mass is 204 g/mol. The van der Waals surface area contributed by atoms with Crippen molar-refractivity contribution in [2.24, 2.45) is 0 Å². The average Bonchev–Trinajstić information content (AvgIpc) is 2.15. The van der Waals surface area contributed by atoms with E-state index < -0.39 is 0 Å². The lowest BCUT2D eigenvalue weighted by molar-refractivity contribution is -0.139. The number of nitrogens with zero attached hydrogens (tertiary/aromatic N) is 1. The van der Waals surface area contributed by atoms with Crippen LogP contribution in [0.3, 0.4) is 0 Å². The van der Waals surface area contributed by atoms with E-state index in [2.05, 4.69) is 15.0 Å². The number of rotatable bonds is 8. The number of hydrogen-bond acceptors (Lipinski definition) is 5. The summed E-state index contributed by atoms with van der Waals surface area (Å²) < 4.78 is 9.76. The predicted molar refractivity (Wildman–Crippen MR) is 54.3 cm³/mol. The van der Waals surface area contributed by atoms with Gasteiger partial charge in [0, 0.05) is 13.1 Å². The van der Waals surface area contributed by atoms with E-state index in [0.717, 1.165) is 6.54 Å². The summed E-state index contributed by atoms with van der Waals surface area (Å²) in [5.74, 6) is -0.252. The number of carbonyl (C=O) groups is 1. The molecule has 0 fully saturated rings. The Morgan fingerprint density at radius 2 is 2.07 bits per heavy atom. The molecule has 0 radical (unpaired) electrons. The van der Waals surface area contributed by atoms with Crippen molar-refractivity contribution in [2.45, 2.75) is 0 Å². The highest BCUT2D eigenvalue weighted by atomic mass is 16.5. The van der Waals surface area contributed by atoms with Crippen molar-refractivity contribution in [1.29, 1.82) is 0 Å². The van der Waals surface area contributed by atoms with E-state index in [1.165, 1.54) is 7.11 Å². The highest BCUT2D eigenvalue weighted by molar-refractivity contribution is 5.71. The molecule has 84 valence electrons. The first-order chi connectivity index (χ1) is 6.66. The number of methoxy groups -OCH3 is 1. The standard InChI is InChI=1S/C9H20N2O3/c1-11(2)5-7-14-6-4-10-8-9(12)13-3/h10H,4-8H2,1-3H3. The lowest BCUT2D eigenvalue weighted by Crippen LogP contribution is -2.28. The molecule has 0 saturated carbocycles. The highest BCUT2D eigenvalue weighted by Crippen LogP contribution is 1.77. The Hall–Kier alpha value is -0.650. The molecule has 1 N–H and O–H groups in total. The number of hydrogen-bond donors (Lipinski definition) is 1. The van der Waals surface area contributed by atoms with Gasteiger partial charge in [-0.15, -0.1) is 0 Å². The van der Waals surface area contributed by atoms with Gasteiger partial charge in [0.25, 0.3) is 0 Å². The summed E-state index contributed by atoms with van der Waals surface area (Å²) in [6.45, 7) is 3.16. The molecule has 0 aromatic carbocycles. The third-order valence-corrected chi connectivity index (χ3v) is 1.60. The first kappa shape index (κ1) is 13.4. The Labute approximate surface area is 85.4 Å². The summed E-state index contributed by atoms with van der Waals surface area (Å²) in [6.07, 6.45) is 0. The van der Waals surface area contributed by atoms with E-state index in [1.807, 2.05) is 14.1 Å². The van der Waals surface area contributed by atoms with Crippen LogP contribution in [0, 0.1) is 0 Å². The van der Waals surface area contributed by atoms with Gasteiger partial charge in [0.05, 0.1) is 26.9 Å². The van der Waals surface area contributed by atoms with Crippen LogP contribution in [0.5, 0.6) is 0 Å². The van der Waals surface area contributed by atoms with Crippen molar-refractivity contribution >= 4 is 5.97 Å². The van der Waals surface area contributed by atoms with Crippen LogP contribution in [-0.4, -0.2) is 64.9 Å². The fourth-order valence-corrected chi connectivity index (χ4v) is 0.756. The van der Waals surface area contributed by atoms with Crippen LogP contribution >= 0.6 is 0 Å². The van der Waals surface area contributed by atoms with Crippen LogP contribution in [0.15, 0.2) is 0 Å². The van der Waals surface area contributed by atoms with E-state index in [-0.39, 0.29) is 12.5 Å². The normalized spacial score (nSPS) is 10.6. The molecule has 0 bridgehead atoms. The first-order valence-electron chi connectivity index (χ1n) is 4.67. The van der Waals surface area contributed by atoms with Crippen molar-refractivity contribution in [3.05, 3.63) is 0 Å². The Morgan fingerprint density at radius 1 is 1.36 bits per heavy atom. The summed E-state index contributed by atoms with van der Waals surface area (Å²) in [4.78, 5) is 12.7. The maximum atomic E-state index is 10.7. The van der Waals surface area contributed by atoms with Crippen LogP contribution in [-0.2, 0) is 14.3 Å². The van der Waals surface area contributed by atoms with Crippen molar-refractivity contribution < 1.29 is 14.3 Å². The number of nitrogens with one attached hydrogen (secondary N) is 1.